The number of hydrogen-bond acceptors (Lipinski definition) is 0. The Hall–Kier alpha value is -1.50. The molecule has 2 bridgehead atoms. The van der Waals surface area contributed by atoms with Gasteiger partial charge >= 0.3 is 23.7 Å². The Morgan fingerprint density at radius 3 is 1.42 bits per heavy atom. The van der Waals surface area contributed by atoms with E-state index >= 15 is 0 Å². The highest BCUT2D eigenvalue weighted by molar-refractivity contribution is 5.73. The van der Waals surface area contributed by atoms with E-state index in [2.05, 4.69) is 0 Å². The molecule has 0 radical (unpaired) electrons. The van der Waals surface area contributed by atoms with E-state index in [0.29, 0.717) is 0 Å². The van der Waals surface area contributed by atoms with Crippen LogP contribution in [0.3, 0.4) is 0 Å². The van der Waals surface area contributed by atoms with E-state index in [0.717, 1.165) is 0 Å². The smallest absolute Gasteiger partial charge is 0.228 e. The van der Waals surface area contributed by atoms with E-state index in [9.17, 15) is 61.5 Å². The molecule has 0 heterocycles. The number of hydrogen-bond donors (Lipinski definition) is 0. The van der Waals surface area contributed by atoms with Crippen molar-refractivity contribution >= 4 is 0 Å². The summed E-state index contributed by atoms with van der Waals surface area (Å²) in [7, 11) is 0. The lowest BCUT2D eigenvalue weighted by molar-refractivity contribution is -0.350. The van der Waals surface area contributed by atoms with E-state index in [1.807, 2.05) is 0 Å². The zero-order valence-corrected chi connectivity index (χ0v) is 11.3. The maximum absolute atomic E-state index is 14.7. The Labute approximate surface area is 132 Å². The van der Waals surface area contributed by atoms with Gasteiger partial charge in [-0.25, -0.2) is 35.1 Å². The number of allylic oxidation sites excluding steroid dienone is 4. The lowest BCUT2D eigenvalue weighted by Crippen LogP contribution is -2.79. The lowest BCUT2D eigenvalue weighted by Gasteiger charge is -2.55. The van der Waals surface area contributed by atoms with Crippen molar-refractivity contribution in [2.24, 2.45) is 5.41 Å². The molecule has 0 aromatic rings. The molecule has 5 rings (SSSR count). The van der Waals surface area contributed by atoms with Crippen molar-refractivity contribution in [3.05, 3.63) is 23.1 Å². The average molecular weight is 410 g/mol. The minimum Gasteiger partial charge on any atom is -0.228 e. The van der Waals surface area contributed by atoms with Gasteiger partial charge < -0.3 is 0 Å². The fraction of sp³-hybridized carbons (Fsp3) is 0.667. The van der Waals surface area contributed by atoms with Gasteiger partial charge in [-0.15, -0.1) is 0 Å². The Balaban J connectivity index is 2.31. The van der Waals surface area contributed by atoms with E-state index in [1.54, 1.807) is 0 Å². The van der Waals surface area contributed by atoms with Crippen LogP contribution in [0, 0.1) is 5.41 Å². The van der Waals surface area contributed by atoms with Crippen molar-refractivity contribution in [1.82, 2.24) is 0 Å². The van der Waals surface area contributed by atoms with Crippen molar-refractivity contribution < 1.29 is 61.5 Å². The molecule has 2 fully saturated rings. The van der Waals surface area contributed by atoms with Crippen LogP contribution in [-0.4, -0.2) is 40.7 Å². The minimum absolute atomic E-state index is 3.60. The topological polar surface area (TPSA) is 0 Å². The molecule has 0 aliphatic heterocycles. The van der Waals surface area contributed by atoms with E-state index in [1.165, 1.54) is 0 Å². The molecule has 26 heavy (non-hydrogen) atoms. The molecule has 146 valence electrons. The molecule has 1 spiro atoms. The normalized spacial score (nSPS) is 51.5. The maximum atomic E-state index is 14.7. The second kappa shape index (κ2) is 3.48. The van der Waals surface area contributed by atoms with E-state index in [4.69, 9.17) is 0 Å². The third kappa shape index (κ3) is 0.917. The van der Waals surface area contributed by atoms with Crippen LogP contribution in [0.25, 0.3) is 0 Å². The minimum atomic E-state index is -6.98. The molecule has 14 heteroatoms. The van der Waals surface area contributed by atoms with Crippen LogP contribution in [-0.2, 0) is 0 Å². The zero-order valence-electron chi connectivity index (χ0n) is 11.3. The summed E-state index contributed by atoms with van der Waals surface area (Å²) in [6.45, 7) is 0. The van der Waals surface area contributed by atoms with E-state index < -0.39 is 69.2 Å². The van der Waals surface area contributed by atoms with Crippen molar-refractivity contribution in [2.75, 3.05) is 0 Å². The number of alkyl halides is 11. The Morgan fingerprint density at radius 2 is 0.962 bits per heavy atom. The van der Waals surface area contributed by atoms with Gasteiger partial charge in [-0.3, -0.25) is 0 Å². The highest BCUT2D eigenvalue weighted by Gasteiger charge is 3.19. The Kier molecular flexibility index (Phi) is 2.39. The van der Waals surface area contributed by atoms with Gasteiger partial charge in [0.1, 0.15) is 0 Å². The van der Waals surface area contributed by atoms with Crippen LogP contribution in [0.4, 0.5) is 61.5 Å². The second-order valence-electron chi connectivity index (χ2n) is 6.34. The van der Waals surface area contributed by atoms with Crippen molar-refractivity contribution in [1.29, 1.82) is 0 Å². The summed E-state index contributed by atoms with van der Waals surface area (Å²) in [5.74, 6) is -37.9. The first-order valence-electron chi connectivity index (χ1n) is 6.40. The number of halogens is 14. The summed E-state index contributed by atoms with van der Waals surface area (Å²) >= 11 is 0. The first-order chi connectivity index (χ1) is 11.3. The molecule has 0 aromatic heterocycles. The molecule has 0 nitrogen and oxygen atoms in total. The lowest BCUT2D eigenvalue weighted by atomic mass is 9.55. The van der Waals surface area contributed by atoms with Crippen LogP contribution in [0.2, 0.25) is 0 Å². The molecule has 0 unspecified atom stereocenters. The van der Waals surface area contributed by atoms with Crippen LogP contribution < -0.4 is 0 Å². The standard InChI is InChI=1S/C12F14/c13-2-1-5(16)3(14)4(15)7(17,12(25,26)10(5,21)22)6(1)9(20,8(2,18)19)11(6,23)24/t5-,6-,7-,9-/m1/s1. The van der Waals surface area contributed by atoms with Gasteiger partial charge in [-0.1, -0.05) is 0 Å². The monoisotopic (exact) mass is 410 g/mol. The molecular weight excluding hydrogens is 410 g/mol. The van der Waals surface area contributed by atoms with Gasteiger partial charge in [0.2, 0.25) is 0 Å². The number of fused-ring (bicyclic) bond motifs is 1. The van der Waals surface area contributed by atoms with Crippen LogP contribution in [0.15, 0.2) is 23.1 Å². The van der Waals surface area contributed by atoms with Crippen molar-refractivity contribution in [2.45, 2.75) is 40.7 Å². The van der Waals surface area contributed by atoms with Crippen molar-refractivity contribution in [3.8, 4) is 0 Å². The fourth-order valence-corrected chi connectivity index (χ4v) is 4.40. The summed E-state index contributed by atoms with van der Waals surface area (Å²) < 4.78 is 195. The van der Waals surface area contributed by atoms with Gasteiger partial charge in [-0.05, 0) is 0 Å². The van der Waals surface area contributed by atoms with Crippen LogP contribution in [0.5, 0.6) is 0 Å². The van der Waals surface area contributed by atoms with Crippen LogP contribution >= 0.6 is 0 Å². The van der Waals surface area contributed by atoms with Gasteiger partial charge in [0.05, 0.1) is 0 Å². The SMILES string of the molecule is FC1=C2[C@@]3(F)C(F)=C(F)[C@](F)(C(F)(F)C3(F)F)[C@]23C(F)(F)[C@]3(F)C1(F)F. The van der Waals surface area contributed by atoms with Gasteiger partial charge in [0.15, 0.2) is 22.9 Å². The molecule has 0 saturated heterocycles. The molecule has 0 N–H and O–H groups in total. The summed E-state index contributed by atoms with van der Waals surface area (Å²) in [5.41, 5.74) is -28.2. The third-order valence-corrected chi connectivity index (χ3v) is 5.58. The fourth-order valence-electron chi connectivity index (χ4n) is 4.40. The van der Waals surface area contributed by atoms with E-state index in [-0.39, 0.29) is 0 Å². The molecule has 5 aliphatic rings. The summed E-state index contributed by atoms with van der Waals surface area (Å²) in [6, 6.07) is 0. The zero-order chi connectivity index (χ0) is 20.3. The van der Waals surface area contributed by atoms with Crippen molar-refractivity contribution in [3.63, 3.8) is 0 Å². The first kappa shape index (κ1) is 17.9. The molecule has 2 saturated carbocycles. The largest absolute Gasteiger partial charge is 0.357 e. The third-order valence-electron chi connectivity index (χ3n) is 5.58. The summed E-state index contributed by atoms with van der Waals surface area (Å²) in [4.78, 5) is 0. The van der Waals surface area contributed by atoms with Gasteiger partial charge in [-0.2, -0.15) is 26.3 Å². The average Bonchev–Trinajstić information content (AvgIpc) is 2.84. The van der Waals surface area contributed by atoms with Gasteiger partial charge in [0.25, 0.3) is 17.0 Å². The Bertz CT molecular complexity index is 852. The molecule has 4 atom stereocenters. The first-order valence-corrected chi connectivity index (χ1v) is 6.40. The highest BCUT2D eigenvalue weighted by atomic mass is 19.3. The highest BCUT2D eigenvalue weighted by Crippen LogP contribution is 2.95. The predicted molar refractivity (Wildman–Crippen MR) is 51.1 cm³/mol. The second-order valence-corrected chi connectivity index (χ2v) is 6.34. The molecule has 5 aliphatic carbocycles. The maximum Gasteiger partial charge on any atom is 0.357 e. The van der Waals surface area contributed by atoms with Crippen LogP contribution in [0.1, 0.15) is 0 Å². The predicted octanol–water partition coefficient (Wildman–Crippen LogP) is 5.07. The quantitative estimate of drug-likeness (QED) is 0.490. The summed E-state index contributed by atoms with van der Waals surface area (Å²) in [6.07, 6.45) is 0. The number of rotatable bonds is 0. The molecule has 0 amide bonds. The molecular formula is C12F14. The summed E-state index contributed by atoms with van der Waals surface area (Å²) in [5, 5.41) is 0. The Morgan fingerprint density at radius 1 is 0.500 bits per heavy atom. The van der Waals surface area contributed by atoms with Gasteiger partial charge in [0, 0.05) is 5.57 Å². The molecule has 0 aromatic carbocycles.